The molecule has 0 radical (unpaired) electrons. The second-order valence-corrected chi connectivity index (χ2v) is 9.44. The number of para-hydroxylation sites is 1. The van der Waals surface area contributed by atoms with Crippen molar-refractivity contribution in [3.63, 3.8) is 0 Å². The van der Waals surface area contributed by atoms with E-state index in [1.165, 1.54) is 0 Å². The summed E-state index contributed by atoms with van der Waals surface area (Å²) in [5.41, 5.74) is 7.52. The van der Waals surface area contributed by atoms with Crippen molar-refractivity contribution >= 4 is 40.6 Å². The molecule has 0 fully saturated rings. The summed E-state index contributed by atoms with van der Waals surface area (Å²) in [6.45, 7) is 2.92. The Morgan fingerprint density at radius 1 is 0.921 bits per heavy atom. The second-order valence-electron chi connectivity index (χ2n) is 9.44. The minimum absolute atomic E-state index is 0.0338. The standard InChI is InChI=1S/C25H35N5O8/c1-13(2)9-16(26)22(34)29-19(10-14-11-27-17-6-4-3-5-15(14)17)23(35)30-20(12-31)24(36)28-18(25(37)38)7-8-21(32)33/h3-6,11,13,16,18-20,27,31H,7-10,12,26H2,1-2H3,(H,28,36)(H,29,34)(H,30,35)(H,32,33)(H,37,38). The highest BCUT2D eigenvalue weighted by Crippen LogP contribution is 2.19. The SMILES string of the molecule is CC(C)CC(N)C(=O)NC(Cc1c[nH]c2ccccc12)C(=O)NC(CO)C(=O)NC(CCC(=O)O)C(=O)O. The summed E-state index contributed by atoms with van der Waals surface area (Å²) in [5.74, 6) is -4.97. The van der Waals surface area contributed by atoms with E-state index in [-0.39, 0.29) is 12.3 Å². The maximum atomic E-state index is 13.2. The quantitative estimate of drug-likeness (QED) is 0.147. The Balaban J connectivity index is 2.21. The summed E-state index contributed by atoms with van der Waals surface area (Å²) in [5, 5.41) is 35.7. The lowest BCUT2D eigenvalue weighted by molar-refractivity contribution is -0.143. The van der Waals surface area contributed by atoms with Gasteiger partial charge in [-0.1, -0.05) is 32.0 Å². The van der Waals surface area contributed by atoms with Gasteiger partial charge in [-0.25, -0.2) is 4.79 Å². The van der Waals surface area contributed by atoms with Gasteiger partial charge in [0.15, 0.2) is 0 Å². The van der Waals surface area contributed by atoms with E-state index in [0.29, 0.717) is 12.0 Å². The fourth-order valence-electron chi connectivity index (χ4n) is 3.89. The number of carbonyl (C=O) groups excluding carboxylic acids is 3. The summed E-state index contributed by atoms with van der Waals surface area (Å²) in [6.07, 6.45) is 1.20. The number of benzene rings is 1. The first-order chi connectivity index (χ1) is 17.9. The maximum Gasteiger partial charge on any atom is 0.326 e. The number of fused-ring (bicyclic) bond motifs is 1. The minimum atomic E-state index is -1.55. The predicted octanol–water partition coefficient (Wildman–Crippen LogP) is -0.520. The average Bonchev–Trinajstić information content (AvgIpc) is 3.26. The molecule has 0 aliphatic rings. The molecule has 0 bridgehead atoms. The molecule has 3 amide bonds. The van der Waals surface area contributed by atoms with Gasteiger partial charge in [0.25, 0.3) is 0 Å². The number of aromatic amines is 1. The van der Waals surface area contributed by atoms with Crippen LogP contribution in [0.5, 0.6) is 0 Å². The van der Waals surface area contributed by atoms with Crippen LogP contribution in [-0.4, -0.2) is 80.7 Å². The van der Waals surface area contributed by atoms with Gasteiger partial charge in [-0.05, 0) is 30.4 Å². The normalized spacial score (nSPS) is 14.3. The van der Waals surface area contributed by atoms with Crippen LogP contribution >= 0.6 is 0 Å². The molecule has 4 unspecified atom stereocenters. The van der Waals surface area contributed by atoms with Crippen LogP contribution in [0.2, 0.25) is 0 Å². The molecule has 2 aromatic rings. The number of amides is 3. The summed E-state index contributed by atoms with van der Waals surface area (Å²) in [6, 6.07) is 2.20. The van der Waals surface area contributed by atoms with Gasteiger partial charge in [0.05, 0.1) is 12.6 Å². The van der Waals surface area contributed by atoms with Crippen LogP contribution in [0.3, 0.4) is 0 Å². The van der Waals surface area contributed by atoms with Crippen molar-refractivity contribution in [3.05, 3.63) is 36.0 Å². The van der Waals surface area contributed by atoms with E-state index in [4.69, 9.17) is 10.8 Å². The Hall–Kier alpha value is -3.97. The third-order valence-electron chi connectivity index (χ3n) is 5.87. The number of aliphatic hydroxyl groups excluding tert-OH is 1. The molecule has 4 atom stereocenters. The van der Waals surface area contributed by atoms with Crippen LogP contribution in [-0.2, 0) is 30.4 Å². The Bertz CT molecular complexity index is 1150. The number of nitrogens with two attached hydrogens (primary N) is 1. The number of aliphatic hydroxyl groups is 1. The fraction of sp³-hybridized carbons (Fsp3) is 0.480. The molecule has 1 aromatic heterocycles. The number of nitrogens with one attached hydrogen (secondary N) is 4. The van der Waals surface area contributed by atoms with Gasteiger partial charge in [-0.15, -0.1) is 0 Å². The summed E-state index contributed by atoms with van der Waals surface area (Å²) in [4.78, 5) is 63.9. The Morgan fingerprint density at radius 2 is 1.53 bits per heavy atom. The van der Waals surface area contributed by atoms with Crippen molar-refractivity contribution < 1.29 is 39.3 Å². The van der Waals surface area contributed by atoms with Crippen molar-refractivity contribution in [2.24, 2.45) is 11.7 Å². The molecule has 9 N–H and O–H groups in total. The van der Waals surface area contributed by atoms with Crippen molar-refractivity contribution in [2.45, 2.75) is 63.7 Å². The summed E-state index contributed by atoms with van der Waals surface area (Å²) >= 11 is 0. The molecular formula is C25H35N5O8. The van der Waals surface area contributed by atoms with Gasteiger partial charge in [0, 0.05) is 29.9 Å². The van der Waals surface area contributed by atoms with Gasteiger partial charge < -0.3 is 42.0 Å². The number of carboxylic acid groups (broad SMARTS) is 2. The molecular weight excluding hydrogens is 498 g/mol. The second kappa shape index (κ2) is 14.1. The zero-order valence-electron chi connectivity index (χ0n) is 21.3. The highest BCUT2D eigenvalue weighted by Gasteiger charge is 2.31. The Kier molecular flexibility index (Phi) is 11.2. The Labute approximate surface area is 219 Å². The van der Waals surface area contributed by atoms with E-state index >= 15 is 0 Å². The molecule has 0 spiro atoms. The molecule has 0 aliphatic carbocycles. The highest BCUT2D eigenvalue weighted by atomic mass is 16.4. The van der Waals surface area contributed by atoms with Crippen LogP contribution in [0.1, 0.15) is 38.7 Å². The first-order valence-electron chi connectivity index (χ1n) is 12.2. The number of rotatable bonds is 15. The predicted molar refractivity (Wildman–Crippen MR) is 137 cm³/mol. The lowest BCUT2D eigenvalue weighted by atomic mass is 10.0. The molecule has 38 heavy (non-hydrogen) atoms. The van der Waals surface area contributed by atoms with Gasteiger partial charge in [0.2, 0.25) is 17.7 Å². The monoisotopic (exact) mass is 533 g/mol. The highest BCUT2D eigenvalue weighted by molar-refractivity contribution is 5.95. The van der Waals surface area contributed by atoms with Gasteiger partial charge in [-0.2, -0.15) is 0 Å². The number of carbonyl (C=O) groups is 5. The van der Waals surface area contributed by atoms with Crippen LogP contribution < -0.4 is 21.7 Å². The molecule has 0 aliphatic heterocycles. The van der Waals surface area contributed by atoms with E-state index in [2.05, 4.69) is 20.9 Å². The minimum Gasteiger partial charge on any atom is -0.481 e. The van der Waals surface area contributed by atoms with Crippen LogP contribution in [0.4, 0.5) is 0 Å². The number of hydrogen-bond acceptors (Lipinski definition) is 7. The molecule has 13 heteroatoms. The molecule has 1 heterocycles. The number of hydrogen-bond donors (Lipinski definition) is 8. The molecule has 0 saturated carbocycles. The number of aliphatic carboxylic acids is 2. The Morgan fingerprint density at radius 3 is 2.13 bits per heavy atom. The van der Waals surface area contributed by atoms with E-state index in [1.807, 2.05) is 38.1 Å². The topological polar surface area (TPSA) is 224 Å². The summed E-state index contributed by atoms with van der Waals surface area (Å²) in [7, 11) is 0. The van der Waals surface area contributed by atoms with E-state index < -0.39 is 73.3 Å². The third kappa shape index (κ3) is 8.85. The van der Waals surface area contributed by atoms with Crippen molar-refractivity contribution in [1.29, 1.82) is 0 Å². The van der Waals surface area contributed by atoms with Gasteiger partial charge in [-0.3, -0.25) is 19.2 Å². The smallest absolute Gasteiger partial charge is 0.326 e. The fourth-order valence-corrected chi connectivity index (χ4v) is 3.89. The van der Waals surface area contributed by atoms with E-state index in [0.717, 1.165) is 10.9 Å². The van der Waals surface area contributed by atoms with Gasteiger partial charge >= 0.3 is 11.9 Å². The zero-order valence-corrected chi connectivity index (χ0v) is 21.3. The molecule has 13 nitrogen and oxygen atoms in total. The number of H-pyrrole nitrogens is 1. The molecule has 0 saturated heterocycles. The van der Waals surface area contributed by atoms with E-state index in [9.17, 15) is 34.2 Å². The van der Waals surface area contributed by atoms with Crippen LogP contribution in [0.15, 0.2) is 30.5 Å². The van der Waals surface area contributed by atoms with Crippen molar-refractivity contribution in [2.75, 3.05) is 6.61 Å². The van der Waals surface area contributed by atoms with E-state index in [1.54, 1.807) is 6.20 Å². The molecule has 2 rings (SSSR count). The van der Waals surface area contributed by atoms with Crippen molar-refractivity contribution in [3.8, 4) is 0 Å². The summed E-state index contributed by atoms with van der Waals surface area (Å²) < 4.78 is 0. The lowest BCUT2D eigenvalue weighted by Gasteiger charge is -2.24. The first kappa shape index (κ1) is 30.3. The van der Waals surface area contributed by atoms with Crippen LogP contribution in [0, 0.1) is 5.92 Å². The number of aromatic nitrogens is 1. The van der Waals surface area contributed by atoms with Gasteiger partial charge in [0.1, 0.15) is 18.1 Å². The third-order valence-corrected chi connectivity index (χ3v) is 5.87. The average molecular weight is 534 g/mol. The molecule has 1 aromatic carbocycles. The number of carboxylic acids is 2. The lowest BCUT2D eigenvalue weighted by Crippen LogP contribution is -2.58. The first-order valence-corrected chi connectivity index (χ1v) is 12.2. The van der Waals surface area contributed by atoms with Crippen molar-refractivity contribution in [1.82, 2.24) is 20.9 Å². The maximum absolute atomic E-state index is 13.2. The van der Waals surface area contributed by atoms with Crippen LogP contribution in [0.25, 0.3) is 10.9 Å². The zero-order chi connectivity index (χ0) is 28.4. The molecule has 208 valence electrons. The largest absolute Gasteiger partial charge is 0.481 e.